The van der Waals surface area contributed by atoms with Crippen molar-refractivity contribution in [1.29, 1.82) is 0 Å². The molecule has 0 spiro atoms. The second-order valence-corrected chi connectivity index (χ2v) is 4.74. The Morgan fingerprint density at radius 2 is 2.00 bits per heavy atom. The molecule has 2 nitrogen and oxygen atoms in total. The Hall–Kier alpha value is -1.98. The number of nitrogens with one attached hydrogen (secondary N) is 1. The van der Waals surface area contributed by atoms with Gasteiger partial charge < -0.3 is 10.1 Å². The second kappa shape index (κ2) is 6.98. The lowest BCUT2D eigenvalue weighted by atomic mass is 10.0. The van der Waals surface area contributed by atoms with Gasteiger partial charge in [-0.2, -0.15) is 0 Å². The molecular formula is C18H21NO. The number of hydrogen-bond acceptors (Lipinski definition) is 2. The van der Waals surface area contributed by atoms with Gasteiger partial charge in [-0.3, -0.25) is 0 Å². The maximum Gasteiger partial charge on any atom is 0.131 e. The summed E-state index contributed by atoms with van der Waals surface area (Å²) in [5.41, 5.74) is 1.19. The fourth-order valence-corrected chi connectivity index (χ4v) is 2.25. The van der Waals surface area contributed by atoms with E-state index in [2.05, 4.69) is 60.5 Å². The molecule has 2 aromatic rings. The summed E-state index contributed by atoms with van der Waals surface area (Å²) in [7, 11) is 1.96. The van der Waals surface area contributed by atoms with Crippen LogP contribution in [0, 0.1) is 11.8 Å². The molecule has 0 aliphatic heterocycles. The van der Waals surface area contributed by atoms with Gasteiger partial charge >= 0.3 is 0 Å². The van der Waals surface area contributed by atoms with E-state index in [9.17, 15) is 0 Å². The van der Waals surface area contributed by atoms with Crippen LogP contribution in [-0.4, -0.2) is 13.7 Å². The number of fused-ring (bicyclic) bond motifs is 1. The lowest BCUT2D eigenvalue weighted by Gasteiger charge is -2.18. The number of hydrogen-bond donors (Lipinski definition) is 1. The van der Waals surface area contributed by atoms with Crippen LogP contribution in [0.25, 0.3) is 10.8 Å². The van der Waals surface area contributed by atoms with Crippen LogP contribution in [0.3, 0.4) is 0 Å². The van der Waals surface area contributed by atoms with Crippen LogP contribution in [0.15, 0.2) is 36.4 Å². The molecule has 0 saturated carbocycles. The van der Waals surface area contributed by atoms with Gasteiger partial charge in [-0.1, -0.05) is 36.4 Å². The summed E-state index contributed by atoms with van der Waals surface area (Å²) >= 11 is 0. The zero-order valence-electron chi connectivity index (χ0n) is 12.4. The molecule has 0 fully saturated rings. The smallest absolute Gasteiger partial charge is 0.131 e. The Balaban J connectivity index is 2.40. The molecule has 0 heterocycles. The monoisotopic (exact) mass is 267 g/mol. The zero-order chi connectivity index (χ0) is 14.4. The summed E-state index contributed by atoms with van der Waals surface area (Å²) in [6, 6.07) is 12.9. The molecule has 0 amide bonds. The third kappa shape index (κ3) is 3.12. The van der Waals surface area contributed by atoms with Crippen molar-refractivity contribution in [1.82, 2.24) is 5.32 Å². The Morgan fingerprint density at radius 3 is 2.75 bits per heavy atom. The van der Waals surface area contributed by atoms with Gasteiger partial charge in [-0.25, -0.2) is 0 Å². The average molecular weight is 267 g/mol. The fraction of sp³-hybridized carbons (Fsp3) is 0.333. The van der Waals surface area contributed by atoms with Gasteiger partial charge in [0.15, 0.2) is 0 Å². The standard InChI is InChI=1S/C18H21NO/c1-4-5-8-13-20-18-16(14(2)19-3)12-11-15-9-6-7-10-17(15)18/h6-7,9-12,14,19H,8,13H2,1-3H3. The molecule has 2 aromatic carbocycles. The van der Waals surface area contributed by atoms with Crippen LogP contribution >= 0.6 is 0 Å². The highest BCUT2D eigenvalue weighted by atomic mass is 16.5. The molecule has 1 atom stereocenters. The van der Waals surface area contributed by atoms with E-state index in [1.165, 1.54) is 10.9 Å². The maximum absolute atomic E-state index is 6.03. The molecule has 0 aliphatic rings. The van der Waals surface area contributed by atoms with Gasteiger partial charge in [0, 0.05) is 23.4 Å². The Bertz CT molecular complexity index is 637. The molecule has 2 rings (SSSR count). The highest BCUT2D eigenvalue weighted by molar-refractivity contribution is 5.89. The highest BCUT2D eigenvalue weighted by Crippen LogP contribution is 2.33. The number of ether oxygens (including phenoxy) is 1. The second-order valence-electron chi connectivity index (χ2n) is 4.74. The minimum atomic E-state index is 0.256. The first-order chi connectivity index (χ1) is 9.77. The van der Waals surface area contributed by atoms with Crippen molar-refractivity contribution in [3.05, 3.63) is 42.0 Å². The van der Waals surface area contributed by atoms with Gasteiger partial charge in [-0.05, 0) is 26.3 Å². The molecule has 104 valence electrons. The van der Waals surface area contributed by atoms with Crippen molar-refractivity contribution < 1.29 is 4.74 Å². The summed E-state index contributed by atoms with van der Waals surface area (Å²) < 4.78 is 6.03. The SMILES string of the molecule is CC#CCCOc1c(C(C)NC)ccc2ccccc12. The van der Waals surface area contributed by atoms with Crippen LogP contribution in [0.4, 0.5) is 0 Å². The van der Waals surface area contributed by atoms with Crippen LogP contribution in [0.5, 0.6) is 5.75 Å². The Morgan fingerprint density at radius 1 is 1.20 bits per heavy atom. The molecule has 1 N–H and O–H groups in total. The van der Waals surface area contributed by atoms with E-state index in [1.54, 1.807) is 0 Å². The summed E-state index contributed by atoms with van der Waals surface area (Å²) in [6.45, 7) is 4.62. The fourth-order valence-electron chi connectivity index (χ4n) is 2.25. The van der Waals surface area contributed by atoms with Crippen molar-refractivity contribution in [2.45, 2.75) is 26.3 Å². The van der Waals surface area contributed by atoms with E-state index in [-0.39, 0.29) is 6.04 Å². The number of rotatable bonds is 5. The van der Waals surface area contributed by atoms with Gasteiger partial charge in [0.1, 0.15) is 5.75 Å². The first kappa shape index (κ1) is 14.4. The molecule has 0 radical (unpaired) electrons. The minimum absolute atomic E-state index is 0.256. The Kier molecular flexibility index (Phi) is 5.03. The van der Waals surface area contributed by atoms with E-state index in [1.807, 2.05) is 14.0 Å². The number of benzene rings is 2. The van der Waals surface area contributed by atoms with E-state index in [0.29, 0.717) is 6.61 Å². The van der Waals surface area contributed by atoms with Crippen LogP contribution in [0.2, 0.25) is 0 Å². The molecular weight excluding hydrogens is 246 g/mol. The van der Waals surface area contributed by atoms with E-state index >= 15 is 0 Å². The molecule has 0 saturated heterocycles. The molecule has 1 unspecified atom stereocenters. The third-order valence-electron chi connectivity index (χ3n) is 3.46. The lowest BCUT2D eigenvalue weighted by Crippen LogP contribution is -2.14. The van der Waals surface area contributed by atoms with Crippen molar-refractivity contribution >= 4 is 10.8 Å². The normalized spacial score (nSPS) is 11.8. The van der Waals surface area contributed by atoms with Crippen LogP contribution in [0.1, 0.15) is 31.9 Å². The van der Waals surface area contributed by atoms with E-state index in [4.69, 9.17) is 4.74 Å². The van der Waals surface area contributed by atoms with E-state index < -0.39 is 0 Å². The van der Waals surface area contributed by atoms with Crippen molar-refractivity contribution in [3.8, 4) is 17.6 Å². The third-order valence-corrected chi connectivity index (χ3v) is 3.46. The van der Waals surface area contributed by atoms with Crippen molar-refractivity contribution in [3.63, 3.8) is 0 Å². The summed E-state index contributed by atoms with van der Waals surface area (Å²) in [5, 5.41) is 5.65. The van der Waals surface area contributed by atoms with Crippen molar-refractivity contribution in [2.75, 3.05) is 13.7 Å². The zero-order valence-corrected chi connectivity index (χ0v) is 12.4. The van der Waals surface area contributed by atoms with Crippen LogP contribution < -0.4 is 10.1 Å². The summed E-state index contributed by atoms with van der Waals surface area (Å²) in [5.74, 6) is 6.91. The molecule has 0 aliphatic carbocycles. The highest BCUT2D eigenvalue weighted by Gasteiger charge is 2.13. The predicted molar refractivity (Wildman–Crippen MR) is 85.0 cm³/mol. The topological polar surface area (TPSA) is 21.3 Å². The quantitative estimate of drug-likeness (QED) is 0.655. The van der Waals surface area contributed by atoms with Crippen LogP contribution in [-0.2, 0) is 0 Å². The minimum Gasteiger partial charge on any atom is -0.492 e. The summed E-state index contributed by atoms with van der Waals surface area (Å²) in [6.07, 6.45) is 0.757. The van der Waals surface area contributed by atoms with E-state index in [0.717, 1.165) is 17.6 Å². The molecule has 0 aromatic heterocycles. The predicted octanol–water partition coefficient (Wildman–Crippen LogP) is 3.91. The average Bonchev–Trinajstić information content (AvgIpc) is 2.50. The molecule has 2 heteroatoms. The maximum atomic E-state index is 6.03. The first-order valence-electron chi connectivity index (χ1n) is 6.99. The van der Waals surface area contributed by atoms with Gasteiger partial charge in [0.25, 0.3) is 0 Å². The first-order valence-corrected chi connectivity index (χ1v) is 6.99. The molecule has 20 heavy (non-hydrogen) atoms. The largest absolute Gasteiger partial charge is 0.492 e. The summed E-state index contributed by atoms with van der Waals surface area (Å²) in [4.78, 5) is 0. The lowest BCUT2D eigenvalue weighted by molar-refractivity contribution is 0.325. The van der Waals surface area contributed by atoms with Gasteiger partial charge in [0.05, 0.1) is 6.61 Å². The Labute approximate surface area is 121 Å². The van der Waals surface area contributed by atoms with Gasteiger partial charge in [0.2, 0.25) is 0 Å². The van der Waals surface area contributed by atoms with Crippen molar-refractivity contribution in [2.24, 2.45) is 0 Å². The van der Waals surface area contributed by atoms with Gasteiger partial charge in [-0.15, -0.1) is 11.8 Å². The molecule has 0 bridgehead atoms.